The standard InChI is InChI=1S/C13H18O8/c14-4-6-2-1-3-7(16)12(6)21-13-11(19)10(18)9(17)8(5-15)20-13/h1-3,8-11,13-19H,4-5H2. The van der Waals surface area contributed by atoms with Crippen LogP contribution >= 0.6 is 0 Å². The van der Waals surface area contributed by atoms with Gasteiger partial charge in [-0.2, -0.15) is 0 Å². The average Bonchev–Trinajstić information content (AvgIpc) is 2.49. The monoisotopic (exact) mass is 302 g/mol. The Labute approximate surface area is 120 Å². The van der Waals surface area contributed by atoms with Gasteiger partial charge < -0.3 is 40.1 Å². The number of para-hydroxylation sites is 1. The quantitative estimate of drug-likeness (QED) is 0.378. The van der Waals surface area contributed by atoms with E-state index in [1.807, 2.05) is 0 Å². The maximum atomic E-state index is 9.85. The molecule has 0 aliphatic carbocycles. The van der Waals surface area contributed by atoms with Crippen LogP contribution in [-0.2, 0) is 11.3 Å². The molecule has 21 heavy (non-hydrogen) atoms. The molecule has 0 amide bonds. The van der Waals surface area contributed by atoms with Crippen LogP contribution in [0.5, 0.6) is 11.5 Å². The summed E-state index contributed by atoms with van der Waals surface area (Å²) in [5, 5.41) is 57.2. The highest BCUT2D eigenvalue weighted by Crippen LogP contribution is 2.33. The molecular formula is C13H18O8. The van der Waals surface area contributed by atoms with E-state index < -0.39 is 43.9 Å². The van der Waals surface area contributed by atoms with Crippen molar-refractivity contribution >= 4 is 0 Å². The lowest BCUT2D eigenvalue weighted by atomic mass is 9.99. The predicted octanol–water partition coefficient (Wildman–Crippen LogP) is -1.94. The summed E-state index contributed by atoms with van der Waals surface area (Å²) >= 11 is 0. The van der Waals surface area contributed by atoms with Crippen LogP contribution in [0.15, 0.2) is 18.2 Å². The molecule has 1 heterocycles. The van der Waals surface area contributed by atoms with Gasteiger partial charge in [0.1, 0.15) is 24.4 Å². The largest absolute Gasteiger partial charge is 0.504 e. The van der Waals surface area contributed by atoms with E-state index in [0.29, 0.717) is 0 Å². The first kappa shape index (κ1) is 16.0. The fourth-order valence-electron chi connectivity index (χ4n) is 2.11. The minimum Gasteiger partial charge on any atom is -0.504 e. The second kappa shape index (κ2) is 6.56. The minimum absolute atomic E-state index is 0.107. The molecule has 2 rings (SSSR count). The zero-order chi connectivity index (χ0) is 15.6. The smallest absolute Gasteiger partial charge is 0.229 e. The third-order valence-electron chi connectivity index (χ3n) is 3.33. The number of ether oxygens (including phenoxy) is 2. The topological polar surface area (TPSA) is 140 Å². The Morgan fingerprint density at radius 2 is 1.76 bits per heavy atom. The first-order chi connectivity index (χ1) is 9.99. The molecular weight excluding hydrogens is 284 g/mol. The van der Waals surface area contributed by atoms with E-state index in [2.05, 4.69) is 0 Å². The van der Waals surface area contributed by atoms with E-state index in [-0.39, 0.29) is 17.1 Å². The zero-order valence-electron chi connectivity index (χ0n) is 11.0. The van der Waals surface area contributed by atoms with Crippen LogP contribution in [0, 0.1) is 0 Å². The van der Waals surface area contributed by atoms with Crippen molar-refractivity contribution in [1.82, 2.24) is 0 Å². The van der Waals surface area contributed by atoms with Crippen LogP contribution in [-0.4, -0.2) is 68.0 Å². The van der Waals surface area contributed by atoms with E-state index in [4.69, 9.17) is 14.6 Å². The predicted molar refractivity (Wildman–Crippen MR) is 68.4 cm³/mol. The van der Waals surface area contributed by atoms with Gasteiger partial charge in [-0.15, -0.1) is 0 Å². The van der Waals surface area contributed by atoms with Gasteiger partial charge in [0.25, 0.3) is 0 Å². The third kappa shape index (κ3) is 3.10. The molecule has 1 aliphatic heterocycles. The van der Waals surface area contributed by atoms with Crippen molar-refractivity contribution in [2.24, 2.45) is 0 Å². The SMILES string of the molecule is OCc1cccc(O)c1OC1OC(CO)C(O)C(O)C1O. The number of aromatic hydroxyl groups is 1. The second-order valence-electron chi connectivity index (χ2n) is 4.74. The van der Waals surface area contributed by atoms with Crippen LogP contribution in [0.3, 0.4) is 0 Å². The zero-order valence-corrected chi connectivity index (χ0v) is 11.0. The van der Waals surface area contributed by atoms with Gasteiger partial charge in [0.05, 0.1) is 13.2 Å². The second-order valence-corrected chi connectivity index (χ2v) is 4.74. The summed E-state index contributed by atoms with van der Waals surface area (Å²) in [6, 6.07) is 4.32. The number of aliphatic hydroxyl groups excluding tert-OH is 5. The van der Waals surface area contributed by atoms with Gasteiger partial charge >= 0.3 is 0 Å². The van der Waals surface area contributed by atoms with Gasteiger partial charge in [0.2, 0.25) is 6.29 Å². The Morgan fingerprint density at radius 3 is 2.38 bits per heavy atom. The first-order valence-corrected chi connectivity index (χ1v) is 6.38. The highest BCUT2D eigenvalue weighted by Gasteiger charge is 2.45. The van der Waals surface area contributed by atoms with Gasteiger partial charge in [-0.25, -0.2) is 0 Å². The lowest BCUT2D eigenvalue weighted by molar-refractivity contribution is -0.277. The Balaban J connectivity index is 2.22. The van der Waals surface area contributed by atoms with E-state index in [0.717, 1.165) is 0 Å². The number of rotatable bonds is 4. The van der Waals surface area contributed by atoms with E-state index >= 15 is 0 Å². The Hall–Kier alpha value is -1.42. The van der Waals surface area contributed by atoms with Crippen LogP contribution in [0.25, 0.3) is 0 Å². The van der Waals surface area contributed by atoms with E-state index in [9.17, 15) is 25.5 Å². The molecule has 0 radical (unpaired) electrons. The molecule has 5 unspecified atom stereocenters. The molecule has 1 fully saturated rings. The van der Waals surface area contributed by atoms with Gasteiger partial charge in [0, 0.05) is 5.56 Å². The molecule has 1 aromatic rings. The average molecular weight is 302 g/mol. The molecule has 6 N–H and O–H groups in total. The first-order valence-electron chi connectivity index (χ1n) is 6.38. The number of hydrogen-bond donors (Lipinski definition) is 6. The van der Waals surface area contributed by atoms with Crippen molar-refractivity contribution in [2.45, 2.75) is 37.3 Å². The van der Waals surface area contributed by atoms with Crippen molar-refractivity contribution in [3.8, 4) is 11.5 Å². The van der Waals surface area contributed by atoms with Crippen molar-refractivity contribution in [1.29, 1.82) is 0 Å². The highest BCUT2D eigenvalue weighted by molar-refractivity contribution is 5.45. The molecule has 118 valence electrons. The summed E-state index contributed by atoms with van der Waals surface area (Å²) < 4.78 is 10.5. The van der Waals surface area contributed by atoms with E-state index in [1.165, 1.54) is 18.2 Å². The number of phenols is 1. The van der Waals surface area contributed by atoms with Crippen LogP contribution < -0.4 is 4.74 Å². The Morgan fingerprint density at radius 1 is 1.05 bits per heavy atom. The normalized spacial score (nSPS) is 32.9. The summed E-state index contributed by atoms with van der Waals surface area (Å²) in [6.45, 7) is -1.00. The maximum absolute atomic E-state index is 9.85. The van der Waals surface area contributed by atoms with Crippen LogP contribution in [0.2, 0.25) is 0 Å². The lowest BCUT2D eigenvalue weighted by Gasteiger charge is -2.39. The Bertz CT molecular complexity index is 477. The summed E-state index contributed by atoms with van der Waals surface area (Å²) in [7, 11) is 0. The van der Waals surface area contributed by atoms with Gasteiger partial charge in [-0.05, 0) is 6.07 Å². The number of aliphatic hydroxyl groups is 5. The van der Waals surface area contributed by atoms with Crippen molar-refractivity contribution < 1.29 is 40.1 Å². The van der Waals surface area contributed by atoms with Crippen molar-refractivity contribution in [3.63, 3.8) is 0 Å². The lowest BCUT2D eigenvalue weighted by Crippen LogP contribution is -2.60. The number of phenolic OH excluding ortho intramolecular Hbond substituents is 1. The van der Waals surface area contributed by atoms with E-state index in [1.54, 1.807) is 0 Å². The molecule has 8 heteroatoms. The molecule has 0 saturated carbocycles. The molecule has 1 aromatic carbocycles. The highest BCUT2D eigenvalue weighted by atomic mass is 16.7. The van der Waals surface area contributed by atoms with Crippen LogP contribution in [0.1, 0.15) is 5.56 Å². The Kier molecular flexibility index (Phi) is 4.99. The molecule has 5 atom stereocenters. The molecule has 0 bridgehead atoms. The fourth-order valence-corrected chi connectivity index (χ4v) is 2.11. The summed E-state index contributed by atoms with van der Waals surface area (Å²) in [6.07, 6.45) is -7.19. The maximum Gasteiger partial charge on any atom is 0.229 e. The fraction of sp³-hybridized carbons (Fsp3) is 0.538. The number of benzene rings is 1. The van der Waals surface area contributed by atoms with Gasteiger partial charge in [0.15, 0.2) is 11.5 Å². The molecule has 1 saturated heterocycles. The van der Waals surface area contributed by atoms with Crippen molar-refractivity contribution in [3.05, 3.63) is 23.8 Å². The van der Waals surface area contributed by atoms with Gasteiger partial charge in [-0.3, -0.25) is 0 Å². The molecule has 1 aliphatic rings. The molecule has 8 nitrogen and oxygen atoms in total. The summed E-state index contributed by atoms with van der Waals surface area (Å²) in [4.78, 5) is 0. The molecule has 0 aromatic heterocycles. The van der Waals surface area contributed by atoms with Crippen molar-refractivity contribution in [2.75, 3.05) is 6.61 Å². The third-order valence-corrected chi connectivity index (χ3v) is 3.33. The number of hydrogen-bond acceptors (Lipinski definition) is 8. The van der Waals surface area contributed by atoms with Crippen LogP contribution in [0.4, 0.5) is 0 Å². The molecule has 0 spiro atoms. The summed E-state index contributed by atoms with van der Waals surface area (Å²) in [5.41, 5.74) is 0.256. The summed E-state index contributed by atoms with van der Waals surface area (Å²) in [5.74, 6) is -0.386. The minimum atomic E-state index is -1.59. The van der Waals surface area contributed by atoms with Gasteiger partial charge in [-0.1, -0.05) is 12.1 Å².